The minimum absolute atomic E-state index is 0.0152. The topological polar surface area (TPSA) is 59.3 Å². The smallest absolute Gasteiger partial charge is 0.364 e. The zero-order chi connectivity index (χ0) is 11.7. The van der Waals surface area contributed by atoms with Gasteiger partial charge >= 0.3 is 5.82 Å². The molecule has 86 valence electrons. The summed E-state index contributed by atoms with van der Waals surface area (Å²) >= 11 is 3.21. The first-order chi connectivity index (χ1) is 7.61. The van der Waals surface area contributed by atoms with Crippen LogP contribution in [-0.2, 0) is 0 Å². The molecule has 1 aromatic rings. The highest BCUT2D eigenvalue weighted by Crippen LogP contribution is 2.33. The lowest BCUT2D eigenvalue weighted by Crippen LogP contribution is -2.48. The summed E-state index contributed by atoms with van der Waals surface area (Å²) in [5.74, 6) is -0.195. The van der Waals surface area contributed by atoms with Crippen molar-refractivity contribution in [3.63, 3.8) is 0 Å². The Bertz CT molecular complexity index is 423. The fourth-order valence-electron chi connectivity index (χ4n) is 1.66. The molecule has 0 aliphatic carbocycles. The lowest BCUT2D eigenvalue weighted by atomic mass is 10.0. The monoisotopic (exact) mass is 289 g/mol. The molecule has 0 N–H and O–H groups in total. The Kier molecular flexibility index (Phi) is 3.04. The molecule has 0 unspecified atom stereocenters. The number of hydrogen-bond donors (Lipinski definition) is 0. The van der Waals surface area contributed by atoms with Gasteiger partial charge in [-0.15, -0.1) is 0 Å². The lowest BCUT2D eigenvalue weighted by molar-refractivity contribution is -0.388. The largest absolute Gasteiger partial charge is 0.387 e. The zero-order valence-corrected chi connectivity index (χ0v) is 9.85. The maximum atomic E-state index is 12.3. The van der Waals surface area contributed by atoms with Crippen LogP contribution in [-0.4, -0.2) is 29.7 Å². The molecule has 0 bridgehead atoms. The van der Waals surface area contributed by atoms with Crippen LogP contribution in [0.2, 0.25) is 0 Å². The van der Waals surface area contributed by atoms with Gasteiger partial charge in [-0.2, -0.15) is 0 Å². The number of hydrogen-bond acceptors (Lipinski definition) is 4. The molecule has 0 atom stereocenters. The van der Waals surface area contributed by atoms with Crippen LogP contribution in [0.15, 0.2) is 16.7 Å². The number of nitrogens with zero attached hydrogens (tertiary/aromatic N) is 3. The minimum atomic E-state index is -0.523. The van der Waals surface area contributed by atoms with Gasteiger partial charge in [-0.1, -0.05) is 0 Å². The van der Waals surface area contributed by atoms with Crippen LogP contribution in [0.4, 0.5) is 15.9 Å². The van der Waals surface area contributed by atoms with Gasteiger partial charge in [0.05, 0.1) is 11.1 Å². The van der Waals surface area contributed by atoms with Gasteiger partial charge in [-0.25, -0.2) is 0 Å². The molecule has 1 fully saturated rings. The Morgan fingerprint density at radius 1 is 1.69 bits per heavy atom. The van der Waals surface area contributed by atoms with E-state index in [0.29, 0.717) is 23.2 Å². The maximum absolute atomic E-state index is 12.3. The second kappa shape index (κ2) is 4.32. The summed E-state index contributed by atoms with van der Waals surface area (Å²) in [6, 6.07) is 1.64. The van der Waals surface area contributed by atoms with E-state index in [0.717, 1.165) is 0 Å². The molecule has 0 amide bonds. The summed E-state index contributed by atoms with van der Waals surface area (Å²) < 4.78 is 13.0. The van der Waals surface area contributed by atoms with Gasteiger partial charge < -0.3 is 15.0 Å². The van der Waals surface area contributed by atoms with Crippen LogP contribution in [0.5, 0.6) is 0 Å². The van der Waals surface area contributed by atoms with E-state index >= 15 is 0 Å². The number of aromatic nitrogens is 1. The van der Waals surface area contributed by atoms with Gasteiger partial charge in [0.25, 0.3) is 0 Å². The Morgan fingerprint density at radius 3 is 2.94 bits per heavy atom. The minimum Gasteiger partial charge on any atom is -0.364 e. The van der Waals surface area contributed by atoms with Gasteiger partial charge in [0, 0.05) is 19.0 Å². The Morgan fingerprint density at radius 2 is 2.38 bits per heavy atom. The second-order valence-corrected chi connectivity index (χ2v) is 4.59. The number of halogens is 2. The summed E-state index contributed by atoms with van der Waals surface area (Å²) in [6.07, 6.45) is 1.38. The van der Waals surface area contributed by atoms with Crippen molar-refractivity contribution in [3.05, 3.63) is 26.9 Å². The van der Waals surface area contributed by atoms with Crippen molar-refractivity contribution in [2.45, 2.75) is 0 Å². The molecule has 0 aromatic carbocycles. The number of nitro groups is 1. The number of rotatable bonds is 3. The van der Waals surface area contributed by atoms with Crippen molar-refractivity contribution in [2.75, 3.05) is 24.7 Å². The summed E-state index contributed by atoms with van der Waals surface area (Å²) in [7, 11) is 0. The highest BCUT2D eigenvalue weighted by atomic mass is 79.9. The van der Waals surface area contributed by atoms with Crippen molar-refractivity contribution in [1.29, 1.82) is 0 Å². The van der Waals surface area contributed by atoms with Crippen molar-refractivity contribution < 1.29 is 9.31 Å². The quantitative estimate of drug-likeness (QED) is 0.632. The third-order valence-electron chi connectivity index (χ3n) is 2.50. The van der Waals surface area contributed by atoms with Gasteiger partial charge in [-0.3, -0.25) is 4.39 Å². The molecule has 1 aliphatic rings. The van der Waals surface area contributed by atoms with Crippen molar-refractivity contribution >= 4 is 27.4 Å². The van der Waals surface area contributed by atoms with Crippen molar-refractivity contribution in [2.24, 2.45) is 5.92 Å². The van der Waals surface area contributed by atoms with E-state index in [9.17, 15) is 14.5 Å². The molecule has 1 aliphatic heterocycles. The molecule has 0 spiro atoms. The summed E-state index contributed by atoms with van der Waals surface area (Å²) in [5.41, 5.74) is 0.448. The predicted molar refractivity (Wildman–Crippen MR) is 60.3 cm³/mol. The molecular weight excluding hydrogens is 281 g/mol. The second-order valence-electron chi connectivity index (χ2n) is 3.68. The fourth-order valence-corrected chi connectivity index (χ4v) is 1.98. The van der Waals surface area contributed by atoms with Gasteiger partial charge in [0.2, 0.25) is 0 Å². The van der Waals surface area contributed by atoms with E-state index in [-0.39, 0.29) is 18.4 Å². The zero-order valence-electron chi connectivity index (χ0n) is 8.27. The van der Waals surface area contributed by atoms with Gasteiger partial charge in [0.15, 0.2) is 6.20 Å². The van der Waals surface area contributed by atoms with Gasteiger partial charge in [-0.05, 0) is 31.9 Å². The van der Waals surface area contributed by atoms with Crippen LogP contribution in [0.1, 0.15) is 0 Å². The SMILES string of the molecule is O=[N+]([O-])c1ncc(Br)cc1N1CC(CF)C1. The first-order valence-corrected chi connectivity index (χ1v) is 5.52. The number of pyridine rings is 1. The van der Waals surface area contributed by atoms with Crippen LogP contribution in [0.25, 0.3) is 0 Å². The summed E-state index contributed by atoms with van der Waals surface area (Å²) in [4.78, 5) is 15.7. The molecule has 2 heterocycles. The molecule has 1 saturated heterocycles. The van der Waals surface area contributed by atoms with Crippen molar-refractivity contribution in [1.82, 2.24) is 4.98 Å². The van der Waals surface area contributed by atoms with Crippen LogP contribution in [0.3, 0.4) is 0 Å². The molecule has 1 aromatic heterocycles. The first kappa shape index (κ1) is 11.3. The average Bonchev–Trinajstić information content (AvgIpc) is 2.15. The molecule has 5 nitrogen and oxygen atoms in total. The van der Waals surface area contributed by atoms with E-state index < -0.39 is 4.92 Å². The highest BCUT2D eigenvalue weighted by molar-refractivity contribution is 9.10. The Labute approximate surface area is 99.6 Å². The standard InChI is InChI=1S/C9H9BrFN3O2/c10-7-1-8(9(12-3-7)14(15)16)13-4-6(2-11)5-13/h1,3,6H,2,4-5H2. The number of anilines is 1. The Balaban J connectivity index is 2.25. The van der Waals surface area contributed by atoms with Crippen molar-refractivity contribution in [3.8, 4) is 0 Å². The molecule has 16 heavy (non-hydrogen) atoms. The normalized spacial score (nSPS) is 16.0. The van der Waals surface area contributed by atoms with Crippen LogP contribution in [0, 0.1) is 16.0 Å². The highest BCUT2D eigenvalue weighted by Gasteiger charge is 2.32. The molecule has 0 radical (unpaired) electrons. The van der Waals surface area contributed by atoms with E-state index in [4.69, 9.17) is 0 Å². The molecule has 7 heteroatoms. The van der Waals surface area contributed by atoms with E-state index in [1.54, 1.807) is 11.0 Å². The lowest BCUT2D eigenvalue weighted by Gasteiger charge is -2.38. The van der Waals surface area contributed by atoms with E-state index in [2.05, 4.69) is 20.9 Å². The van der Waals surface area contributed by atoms with E-state index in [1.165, 1.54) is 6.20 Å². The Hall–Kier alpha value is -1.24. The van der Waals surface area contributed by atoms with Crippen LogP contribution < -0.4 is 4.90 Å². The molecular formula is C9H9BrFN3O2. The average molecular weight is 290 g/mol. The fraction of sp³-hybridized carbons (Fsp3) is 0.444. The van der Waals surface area contributed by atoms with Crippen LogP contribution >= 0.6 is 15.9 Å². The third kappa shape index (κ3) is 1.99. The third-order valence-corrected chi connectivity index (χ3v) is 2.94. The first-order valence-electron chi connectivity index (χ1n) is 4.72. The number of alkyl halides is 1. The van der Waals surface area contributed by atoms with E-state index in [1.807, 2.05) is 0 Å². The summed E-state index contributed by atoms with van der Waals surface area (Å²) in [5, 5.41) is 10.8. The maximum Gasteiger partial charge on any atom is 0.387 e. The van der Waals surface area contributed by atoms with Gasteiger partial charge in [0.1, 0.15) is 5.69 Å². The molecule has 0 saturated carbocycles. The molecule has 2 rings (SSSR count). The predicted octanol–water partition coefficient (Wildman–Crippen LogP) is 2.16. The summed E-state index contributed by atoms with van der Waals surface area (Å²) in [6.45, 7) is 0.636.